The van der Waals surface area contributed by atoms with Crippen LogP contribution in [-0.4, -0.2) is 24.1 Å². The summed E-state index contributed by atoms with van der Waals surface area (Å²) in [6.45, 7) is 4.78. The Bertz CT molecular complexity index is 547. The van der Waals surface area contributed by atoms with Gasteiger partial charge < -0.3 is 14.0 Å². The fourth-order valence-corrected chi connectivity index (χ4v) is 1.94. The van der Waals surface area contributed by atoms with Gasteiger partial charge in [0.1, 0.15) is 0 Å². The minimum Gasteiger partial charge on any atom is -0.489 e. The fraction of sp³-hybridized carbons (Fsp3) is 0.267. The molecule has 4 nitrogen and oxygen atoms in total. The maximum atomic E-state index is 11.1. The number of aldehydes is 1. The second-order valence-corrected chi connectivity index (χ2v) is 3.91. The molecule has 0 aliphatic rings. The summed E-state index contributed by atoms with van der Waals surface area (Å²) < 4.78 is 13.2. The average molecular weight is 259 g/mol. The molecule has 2 rings (SSSR count). The number of nitrogens with zero attached hydrogens (tertiary/aromatic N) is 1. The zero-order valence-electron chi connectivity index (χ0n) is 11.1. The Morgan fingerprint density at radius 1 is 1.05 bits per heavy atom. The van der Waals surface area contributed by atoms with E-state index in [9.17, 15) is 4.79 Å². The monoisotopic (exact) mass is 259 g/mol. The number of aromatic nitrogens is 1. The molecule has 2 aromatic rings. The summed E-state index contributed by atoms with van der Waals surface area (Å²) in [5, 5.41) is 0. The van der Waals surface area contributed by atoms with Gasteiger partial charge in [-0.2, -0.15) is 0 Å². The van der Waals surface area contributed by atoms with Crippen LogP contribution in [0.25, 0.3) is 5.69 Å². The van der Waals surface area contributed by atoms with Crippen LogP contribution in [0.2, 0.25) is 0 Å². The topological polar surface area (TPSA) is 40.5 Å². The molecule has 0 aliphatic carbocycles. The van der Waals surface area contributed by atoms with Gasteiger partial charge in [0.15, 0.2) is 17.8 Å². The Morgan fingerprint density at radius 3 is 2.26 bits per heavy atom. The maximum absolute atomic E-state index is 11.1. The summed E-state index contributed by atoms with van der Waals surface area (Å²) in [4.78, 5) is 11.1. The smallest absolute Gasteiger partial charge is 0.185 e. The number of hydrogen-bond acceptors (Lipinski definition) is 3. The highest BCUT2D eigenvalue weighted by Crippen LogP contribution is 2.36. The van der Waals surface area contributed by atoms with Crippen molar-refractivity contribution in [3.63, 3.8) is 0 Å². The Labute approximate surface area is 112 Å². The van der Waals surface area contributed by atoms with Crippen LogP contribution in [0.15, 0.2) is 36.7 Å². The first-order valence-electron chi connectivity index (χ1n) is 6.32. The van der Waals surface area contributed by atoms with Gasteiger partial charge in [0.2, 0.25) is 0 Å². The number of hydrogen-bond donors (Lipinski definition) is 0. The first-order valence-corrected chi connectivity index (χ1v) is 6.32. The Hall–Kier alpha value is -2.23. The lowest BCUT2D eigenvalue weighted by Gasteiger charge is -2.17. The lowest BCUT2D eigenvalue weighted by Crippen LogP contribution is -2.05. The molecule has 0 fully saturated rings. The van der Waals surface area contributed by atoms with E-state index in [2.05, 4.69) is 0 Å². The molecule has 4 heteroatoms. The summed E-state index contributed by atoms with van der Waals surface area (Å²) in [6.07, 6.45) is 4.63. The molecule has 0 aliphatic heterocycles. The van der Waals surface area contributed by atoms with Crippen LogP contribution < -0.4 is 9.47 Å². The number of rotatable bonds is 6. The fourth-order valence-electron chi connectivity index (χ4n) is 1.94. The van der Waals surface area contributed by atoms with Crippen molar-refractivity contribution in [1.29, 1.82) is 0 Å². The molecule has 100 valence electrons. The molecule has 0 spiro atoms. The molecular weight excluding hydrogens is 242 g/mol. The van der Waals surface area contributed by atoms with Gasteiger partial charge in [-0.05, 0) is 38.1 Å². The van der Waals surface area contributed by atoms with E-state index in [0.29, 0.717) is 30.3 Å². The van der Waals surface area contributed by atoms with Crippen LogP contribution in [-0.2, 0) is 0 Å². The summed E-state index contributed by atoms with van der Waals surface area (Å²) in [6, 6.07) is 7.47. The second-order valence-electron chi connectivity index (χ2n) is 3.91. The molecule has 0 unspecified atom stereocenters. The lowest BCUT2D eigenvalue weighted by molar-refractivity contribution is 0.111. The highest BCUT2D eigenvalue weighted by molar-refractivity contribution is 5.83. The molecular formula is C15H17NO3. The van der Waals surface area contributed by atoms with Crippen molar-refractivity contribution in [2.75, 3.05) is 13.2 Å². The molecule has 19 heavy (non-hydrogen) atoms. The van der Waals surface area contributed by atoms with Gasteiger partial charge in [-0.1, -0.05) is 0 Å². The minimum atomic E-state index is 0.482. The van der Waals surface area contributed by atoms with Crippen molar-refractivity contribution in [2.45, 2.75) is 13.8 Å². The molecule has 0 saturated heterocycles. The number of carbonyl (C=O) groups is 1. The second kappa shape index (κ2) is 6.09. The molecule has 1 aromatic heterocycles. The SMILES string of the molecule is CCOc1c(C=O)ccc(-n2cccc2)c1OCC. The van der Waals surface area contributed by atoms with Gasteiger partial charge in [-0.15, -0.1) is 0 Å². The minimum absolute atomic E-state index is 0.482. The third kappa shape index (κ3) is 2.62. The quantitative estimate of drug-likeness (QED) is 0.748. The van der Waals surface area contributed by atoms with Crippen LogP contribution in [0, 0.1) is 0 Å². The van der Waals surface area contributed by atoms with Crippen LogP contribution in [0.5, 0.6) is 11.5 Å². The van der Waals surface area contributed by atoms with Crippen LogP contribution >= 0.6 is 0 Å². The first kappa shape index (κ1) is 13.2. The van der Waals surface area contributed by atoms with Gasteiger partial charge >= 0.3 is 0 Å². The number of carbonyl (C=O) groups excluding carboxylic acids is 1. The summed E-state index contributed by atoms with van der Waals surface area (Å²) in [7, 11) is 0. The van der Waals surface area contributed by atoms with Gasteiger partial charge in [0.05, 0.1) is 24.5 Å². The number of ether oxygens (including phenoxy) is 2. The van der Waals surface area contributed by atoms with E-state index in [1.807, 2.05) is 49.0 Å². The molecule has 0 saturated carbocycles. The van der Waals surface area contributed by atoms with E-state index in [4.69, 9.17) is 9.47 Å². The molecule has 0 atom stereocenters. The maximum Gasteiger partial charge on any atom is 0.185 e. The van der Waals surface area contributed by atoms with Gasteiger partial charge in [-0.3, -0.25) is 4.79 Å². The van der Waals surface area contributed by atoms with E-state index >= 15 is 0 Å². The van der Waals surface area contributed by atoms with Gasteiger partial charge in [0, 0.05) is 12.4 Å². The first-order chi connectivity index (χ1) is 9.31. The summed E-state index contributed by atoms with van der Waals surface area (Å²) in [5.41, 5.74) is 1.36. The zero-order valence-corrected chi connectivity index (χ0v) is 11.1. The van der Waals surface area contributed by atoms with Crippen LogP contribution in [0.3, 0.4) is 0 Å². The summed E-state index contributed by atoms with van der Waals surface area (Å²) in [5.74, 6) is 1.11. The highest BCUT2D eigenvalue weighted by Gasteiger charge is 2.16. The van der Waals surface area contributed by atoms with Crippen molar-refractivity contribution in [1.82, 2.24) is 4.57 Å². The lowest BCUT2D eigenvalue weighted by atomic mass is 10.1. The molecule has 0 radical (unpaired) electrons. The van der Waals surface area contributed by atoms with Crippen molar-refractivity contribution in [2.24, 2.45) is 0 Å². The van der Waals surface area contributed by atoms with E-state index in [1.165, 1.54) is 0 Å². The van der Waals surface area contributed by atoms with Crippen molar-refractivity contribution in [3.8, 4) is 17.2 Å². The van der Waals surface area contributed by atoms with Gasteiger partial charge in [-0.25, -0.2) is 0 Å². The summed E-state index contributed by atoms with van der Waals surface area (Å²) >= 11 is 0. The molecule has 0 bridgehead atoms. The largest absolute Gasteiger partial charge is 0.489 e. The Balaban J connectivity index is 2.60. The predicted octanol–water partition coefficient (Wildman–Crippen LogP) is 3.09. The molecule has 0 N–H and O–H groups in total. The van der Waals surface area contributed by atoms with E-state index in [-0.39, 0.29) is 0 Å². The molecule has 1 heterocycles. The zero-order chi connectivity index (χ0) is 13.7. The van der Waals surface area contributed by atoms with E-state index in [1.54, 1.807) is 6.07 Å². The van der Waals surface area contributed by atoms with Gasteiger partial charge in [0.25, 0.3) is 0 Å². The molecule has 0 amide bonds. The normalized spacial score (nSPS) is 10.2. The average Bonchev–Trinajstić information content (AvgIpc) is 2.94. The molecule has 1 aromatic carbocycles. The van der Waals surface area contributed by atoms with Crippen molar-refractivity contribution in [3.05, 3.63) is 42.2 Å². The number of benzene rings is 1. The standard InChI is InChI=1S/C15H17NO3/c1-3-18-14-12(11-17)7-8-13(15(14)19-4-2)16-9-5-6-10-16/h5-11H,3-4H2,1-2H3. The Morgan fingerprint density at radius 2 is 1.68 bits per heavy atom. The highest BCUT2D eigenvalue weighted by atomic mass is 16.5. The van der Waals surface area contributed by atoms with Crippen molar-refractivity contribution >= 4 is 6.29 Å². The van der Waals surface area contributed by atoms with E-state index in [0.717, 1.165) is 12.0 Å². The third-order valence-electron chi connectivity index (χ3n) is 2.71. The third-order valence-corrected chi connectivity index (χ3v) is 2.71. The van der Waals surface area contributed by atoms with E-state index < -0.39 is 0 Å². The predicted molar refractivity (Wildman–Crippen MR) is 73.5 cm³/mol. The van der Waals surface area contributed by atoms with Crippen LogP contribution in [0.1, 0.15) is 24.2 Å². The van der Waals surface area contributed by atoms with Crippen LogP contribution in [0.4, 0.5) is 0 Å². The Kier molecular flexibility index (Phi) is 4.23. The van der Waals surface area contributed by atoms with Crippen molar-refractivity contribution < 1.29 is 14.3 Å².